The second kappa shape index (κ2) is 9.01. The van der Waals surface area contributed by atoms with Crippen molar-refractivity contribution < 1.29 is 28.5 Å². The minimum Gasteiger partial charge on any atom is -0.493 e. The summed E-state index contributed by atoms with van der Waals surface area (Å²) < 4.78 is 22.4. The Morgan fingerprint density at radius 2 is 1.69 bits per heavy atom. The zero-order valence-electron chi connectivity index (χ0n) is 18.0. The Balaban J connectivity index is 1.63. The van der Waals surface area contributed by atoms with Crippen LogP contribution in [0.5, 0.6) is 23.0 Å². The van der Waals surface area contributed by atoms with E-state index in [2.05, 4.69) is 5.32 Å². The average molecular weight is 433 g/mol. The normalized spacial score (nSPS) is 14.7. The molecule has 0 aromatic heterocycles. The largest absolute Gasteiger partial charge is 0.493 e. The van der Waals surface area contributed by atoms with E-state index < -0.39 is 6.10 Å². The predicted octanol–water partition coefficient (Wildman–Crippen LogP) is 4.67. The van der Waals surface area contributed by atoms with Crippen molar-refractivity contribution in [1.82, 2.24) is 0 Å². The number of hydrogen-bond acceptors (Lipinski definition) is 6. The minimum absolute atomic E-state index is 0.120. The summed E-state index contributed by atoms with van der Waals surface area (Å²) >= 11 is 0. The lowest BCUT2D eigenvalue weighted by atomic mass is 9.94. The molecule has 0 radical (unpaired) electrons. The summed E-state index contributed by atoms with van der Waals surface area (Å²) in [4.78, 5) is 25.5. The van der Waals surface area contributed by atoms with E-state index in [1.807, 2.05) is 36.4 Å². The number of methoxy groups -OCH3 is 3. The van der Waals surface area contributed by atoms with Gasteiger partial charge in [0, 0.05) is 17.3 Å². The first kappa shape index (κ1) is 21.2. The van der Waals surface area contributed by atoms with Crippen molar-refractivity contribution in [2.24, 2.45) is 0 Å². The van der Waals surface area contributed by atoms with Crippen LogP contribution in [0, 0.1) is 0 Å². The van der Waals surface area contributed by atoms with E-state index in [0.717, 1.165) is 5.56 Å². The Morgan fingerprint density at radius 3 is 2.38 bits per heavy atom. The molecule has 1 unspecified atom stereocenters. The van der Waals surface area contributed by atoms with Crippen molar-refractivity contribution in [2.45, 2.75) is 12.5 Å². The predicted molar refractivity (Wildman–Crippen MR) is 119 cm³/mol. The molecular formula is C25H23NO6. The summed E-state index contributed by atoms with van der Waals surface area (Å²) in [5.41, 5.74) is 2.27. The summed E-state index contributed by atoms with van der Waals surface area (Å²) in [6.07, 6.45) is -0.402. The maximum absolute atomic E-state index is 13.0. The highest BCUT2D eigenvalue weighted by atomic mass is 16.5. The van der Waals surface area contributed by atoms with Crippen molar-refractivity contribution in [3.05, 3.63) is 77.4 Å². The van der Waals surface area contributed by atoms with Gasteiger partial charge in [-0.3, -0.25) is 9.59 Å². The lowest BCUT2D eigenvalue weighted by Crippen LogP contribution is -2.22. The molecule has 1 N–H and O–H groups in total. The summed E-state index contributed by atoms with van der Waals surface area (Å²) in [5, 5.41) is 2.88. The van der Waals surface area contributed by atoms with Gasteiger partial charge in [0.15, 0.2) is 17.3 Å². The molecule has 0 saturated carbocycles. The topological polar surface area (TPSA) is 83.1 Å². The number of fused-ring (bicyclic) bond motifs is 1. The first-order valence-electron chi connectivity index (χ1n) is 10.0. The average Bonchev–Trinajstić information content (AvgIpc) is 2.83. The van der Waals surface area contributed by atoms with Gasteiger partial charge in [-0.2, -0.15) is 0 Å². The number of benzene rings is 3. The number of ketones is 1. The van der Waals surface area contributed by atoms with Crippen molar-refractivity contribution in [1.29, 1.82) is 0 Å². The molecule has 7 nitrogen and oxygen atoms in total. The molecule has 3 aromatic rings. The molecule has 1 aliphatic heterocycles. The Kier molecular flexibility index (Phi) is 5.98. The van der Waals surface area contributed by atoms with E-state index in [-0.39, 0.29) is 23.9 Å². The number of hydrogen-bond donors (Lipinski definition) is 1. The number of ether oxygens (including phenoxy) is 4. The van der Waals surface area contributed by atoms with Crippen LogP contribution in [0.4, 0.5) is 5.69 Å². The summed E-state index contributed by atoms with van der Waals surface area (Å²) in [7, 11) is 4.46. The standard InChI is InChI=1S/C25H23NO6/c1-29-21-14-20-22(24(31-3)23(21)30-2)18(27)13-19(32-20)16-10-7-11-17(12-16)26-25(28)15-8-5-4-6-9-15/h4-12,14,19H,13H2,1-3H3,(H,26,28). The molecule has 1 heterocycles. The molecule has 7 heteroatoms. The van der Waals surface area contributed by atoms with Crippen LogP contribution >= 0.6 is 0 Å². The van der Waals surface area contributed by atoms with Crippen LogP contribution < -0.4 is 24.3 Å². The highest BCUT2D eigenvalue weighted by Crippen LogP contribution is 2.49. The minimum atomic E-state index is -0.522. The fourth-order valence-corrected chi connectivity index (χ4v) is 3.75. The third-order valence-corrected chi connectivity index (χ3v) is 5.26. The maximum Gasteiger partial charge on any atom is 0.255 e. The van der Waals surface area contributed by atoms with Gasteiger partial charge in [0.2, 0.25) is 5.75 Å². The van der Waals surface area contributed by atoms with Crippen LogP contribution in [0.3, 0.4) is 0 Å². The number of amides is 1. The molecule has 1 aliphatic rings. The number of nitrogens with one attached hydrogen (secondary N) is 1. The van der Waals surface area contributed by atoms with Crippen LogP contribution in [0.1, 0.15) is 38.8 Å². The number of anilines is 1. The molecule has 0 spiro atoms. The summed E-state index contributed by atoms with van der Waals surface area (Å²) in [5.74, 6) is 1.05. The molecule has 32 heavy (non-hydrogen) atoms. The summed E-state index contributed by atoms with van der Waals surface area (Å²) in [6.45, 7) is 0. The quantitative estimate of drug-likeness (QED) is 0.608. The highest BCUT2D eigenvalue weighted by Gasteiger charge is 2.34. The molecule has 1 atom stereocenters. The maximum atomic E-state index is 13.0. The van der Waals surface area contributed by atoms with Crippen LogP contribution in [0.15, 0.2) is 60.7 Å². The van der Waals surface area contributed by atoms with Crippen LogP contribution in [-0.2, 0) is 0 Å². The van der Waals surface area contributed by atoms with Gasteiger partial charge in [0.25, 0.3) is 5.91 Å². The molecule has 0 aliphatic carbocycles. The fourth-order valence-electron chi connectivity index (χ4n) is 3.75. The molecule has 164 valence electrons. The van der Waals surface area contributed by atoms with Gasteiger partial charge in [-0.25, -0.2) is 0 Å². The van der Waals surface area contributed by atoms with Gasteiger partial charge in [0.05, 0.1) is 27.8 Å². The van der Waals surface area contributed by atoms with E-state index in [9.17, 15) is 9.59 Å². The van der Waals surface area contributed by atoms with Crippen molar-refractivity contribution >= 4 is 17.4 Å². The second-order valence-electron chi connectivity index (χ2n) is 7.20. The first-order valence-corrected chi connectivity index (χ1v) is 10.0. The lowest BCUT2D eigenvalue weighted by Gasteiger charge is -2.28. The highest BCUT2D eigenvalue weighted by molar-refractivity contribution is 6.05. The Bertz CT molecular complexity index is 1160. The zero-order chi connectivity index (χ0) is 22.7. The van der Waals surface area contributed by atoms with Crippen molar-refractivity contribution in [3.8, 4) is 23.0 Å². The molecule has 0 bridgehead atoms. The van der Waals surface area contributed by atoms with Crippen molar-refractivity contribution in [3.63, 3.8) is 0 Å². The third kappa shape index (κ3) is 3.97. The lowest BCUT2D eigenvalue weighted by molar-refractivity contribution is 0.0842. The number of carbonyl (C=O) groups is 2. The smallest absolute Gasteiger partial charge is 0.255 e. The Morgan fingerprint density at radius 1 is 0.938 bits per heavy atom. The Labute approximate surface area is 185 Å². The molecule has 0 fully saturated rings. The number of Topliss-reactive ketones (excluding diaryl/α,β-unsaturated/α-hetero) is 1. The number of rotatable bonds is 6. The SMILES string of the molecule is COc1cc2c(c(OC)c1OC)C(=O)CC(c1cccc(NC(=O)c3ccccc3)c1)O2. The second-order valence-corrected chi connectivity index (χ2v) is 7.20. The molecular weight excluding hydrogens is 410 g/mol. The first-order chi connectivity index (χ1) is 15.5. The molecule has 3 aromatic carbocycles. The van der Waals surface area contributed by atoms with Gasteiger partial charge in [-0.1, -0.05) is 30.3 Å². The van der Waals surface area contributed by atoms with Gasteiger partial charge in [-0.15, -0.1) is 0 Å². The zero-order valence-corrected chi connectivity index (χ0v) is 18.0. The van der Waals surface area contributed by atoms with E-state index in [1.165, 1.54) is 21.3 Å². The summed E-state index contributed by atoms with van der Waals surface area (Å²) in [6, 6.07) is 17.9. The Hall–Kier alpha value is -4.00. The van der Waals surface area contributed by atoms with E-state index in [0.29, 0.717) is 34.1 Å². The van der Waals surface area contributed by atoms with Crippen LogP contribution in [-0.4, -0.2) is 33.0 Å². The molecule has 1 amide bonds. The fraction of sp³-hybridized carbons (Fsp3) is 0.200. The van der Waals surface area contributed by atoms with Gasteiger partial charge in [-0.05, 0) is 29.8 Å². The third-order valence-electron chi connectivity index (χ3n) is 5.26. The molecule has 4 rings (SSSR count). The van der Waals surface area contributed by atoms with Crippen LogP contribution in [0.25, 0.3) is 0 Å². The monoisotopic (exact) mass is 433 g/mol. The van der Waals surface area contributed by atoms with E-state index in [1.54, 1.807) is 24.3 Å². The van der Waals surface area contributed by atoms with Gasteiger partial charge >= 0.3 is 0 Å². The van der Waals surface area contributed by atoms with Crippen LogP contribution in [0.2, 0.25) is 0 Å². The van der Waals surface area contributed by atoms with E-state index in [4.69, 9.17) is 18.9 Å². The molecule has 0 saturated heterocycles. The number of carbonyl (C=O) groups excluding carboxylic acids is 2. The van der Waals surface area contributed by atoms with E-state index >= 15 is 0 Å². The van der Waals surface area contributed by atoms with Gasteiger partial charge < -0.3 is 24.3 Å². The van der Waals surface area contributed by atoms with Crippen molar-refractivity contribution in [2.75, 3.05) is 26.6 Å². The van der Waals surface area contributed by atoms with Gasteiger partial charge in [0.1, 0.15) is 17.4 Å².